The third-order valence-electron chi connectivity index (χ3n) is 3.74. The number of amides is 2. The zero-order valence-electron chi connectivity index (χ0n) is 13.8. The fourth-order valence-corrected chi connectivity index (χ4v) is 3.93. The highest BCUT2D eigenvalue weighted by atomic mass is 32.2. The van der Waals surface area contributed by atoms with Crippen molar-refractivity contribution >= 4 is 47.7 Å². The molecule has 0 bridgehead atoms. The first-order valence-electron chi connectivity index (χ1n) is 7.32. The third kappa shape index (κ3) is 2.96. The van der Waals surface area contributed by atoms with Crippen molar-refractivity contribution < 1.29 is 24.3 Å². The first-order valence-corrected chi connectivity index (χ1v) is 8.26. The Bertz CT molecular complexity index is 815. The molecular weight excluding hydrogens is 366 g/mol. The number of nitrogens with zero attached hydrogens (tertiary/aromatic N) is 6. The van der Waals surface area contributed by atoms with E-state index in [-0.39, 0.29) is 35.3 Å². The van der Waals surface area contributed by atoms with Gasteiger partial charge in [-0.3, -0.25) is 19.4 Å². The molecule has 1 unspecified atom stereocenters. The summed E-state index contributed by atoms with van der Waals surface area (Å²) in [5.41, 5.74) is 5.49. The normalized spacial score (nSPS) is 21.8. The molecule has 2 aliphatic heterocycles. The number of fused-ring (bicyclic) bond motifs is 1. The maximum Gasteiger partial charge on any atom is 0.352 e. The molecule has 2 aliphatic rings. The molecule has 0 saturated carbocycles. The fraction of sp³-hybridized carbons (Fsp3) is 0.385. The molecule has 0 spiro atoms. The molecule has 13 heteroatoms. The van der Waals surface area contributed by atoms with Gasteiger partial charge in [0.1, 0.15) is 24.4 Å². The third-order valence-corrected chi connectivity index (χ3v) is 5.06. The molecule has 0 radical (unpaired) electrons. The highest BCUT2D eigenvalue weighted by Gasteiger charge is 2.47. The number of nitrogen functional groups attached to an aromatic ring is 1. The largest absolute Gasteiger partial charge is 0.477 e. The predicted octanol–water partition coefficient (Wildman–Crippen LogP) is -1.04. The van der Waals surface area contributed by atoms with Crippen molar-refractivity contribution in [2.75, 3.05) is 17.7 Å². The number of aliphatic carboxylic acids is 1. The van der Waals surface area contributed by atoms with Gasteiger partial charge in [0.25, 0.3) is 11.9 Å². The number of aryl methyl sites for hydroxylation is 1. The second-order valence-electron chi connectivity index (χ2n) is 5.33. The number of carbonyl (C=O) groups is 3. The Labute approximate surface area is 151 Å². The number of thioether (sulfide) groups is 1. The molecule has 138 valence electrons. The van der Waals surface area contributed by atoms with Gasteiger partial charge in [-0.15, -0.1) is 16.9 Å². The Morgan fingerprint density at radius 2 is 2.31 bits per heavy atom. The van der Waals surface area contributed by atoms with Gasteiger partial charge in [-0.1, -0.05) is 5.16 Å². The van der Waals surface area contributed by atoms with Crippen LogP contribution in [0.2, 0.25) is 0 Å². The summed E-state index contributed by atoms with van der Waals surface area (Å²) in [6, 6.07) is 0. The second-order valence-corrected chi connectivity index (χ2v) is 6.62. The van der Waals surface area contributed by atoms with E-state index >= 15 is 0 Å². The van der Waals surface area contributed by atoms with E-state index in [2.05, 4.69) is 20.1 Å². The summed E-state index contributed by atoms with van der Waals surface area (Å²) in [6.45, 7) is 0. The van der Waals surface area contributed by atoms with E-state index in [1.165, 1.54) is 34.5 Å². The van der Waals surface area contributed by atoms with Gasteiger partial charge in [0, 0.05) is 7.05 Å². The van der Waals surface area contributed by atoms with E-state index in [0.29, 0.717) is 0 Å². The lowest BCUT2D eigenvalue weighted by atomic mass is 10.1. The number of aromatic nitrogens is 3. The zero-order chi connectivity index (χ0) is 19.0. The Hall–Kier alpha value is -3.09. The quantitative estimate of drug-likeness (QED) is 0.369. The molecule has 26 heavy (non-hydrogen) atoms. The van der Waals surface area contributed by atoms with Crippen molar-refractivity contribution in [2.45, 2.75) is 17.2 Å². The van der Waals surface area contributed by atoms with Gasteiger partial charge in [0.2, 0.25) is 11.9 Å². The minimum atomic E-state index is -1.26. The van der Waals surface area contributed by atoms with Crippen LogP contribution in [0.25, 0.3) is 0 Å². The number of carboxylic acids is 1. The number of oxime groups is 1. The van der Waals surface area contributed by atoms with Crippen molar-refractivity contribution in [1.29, 1.82) is 0 Å². The average molecular weight is 381 g/mol. The van der Waals surface area contributed by atoms with Gasteiger partial charge in [-0.2, -0.15) is 4.98 Å². The van der Waals surface area contributed by atoms with Crippen LogP contribution in [-0.4, -0.2) is 66.6 Å². The van der Waals surface area contributed by atoms with Crippen molar-refractivity contribution in [3.63, 3.8) is 0 Å². The summed E-state index contributed by atoms with van der Waals surface area (Å²) in [7, 11) is 2.83. The lowest BCUT2D eigenvalue weighted by Crippen LogP contribution is -2.56. The molecule has 2 amide bonds. The molecule has 3 rings (SSSR count). The van der Waals surface area contributed by atoms with Crippen LogP contribution in [0.1, 0.15) is 6.42 Å². The van der Waals surface area contributed by atoms with Crippen molar-refractivity contribution in [3.8, 4) is 0 Å². The van der Waals surface area contributed by atoms with Crippen LogP contribution < -0.4 is 10.6 Å². The van der Waals surface area contributed by atoms with Crippen molar-refractivity contribution in [1.82, 2.24) is 19.7 Å². The standard InChI is InChI=1S/C13H15N7O5S/c1-18-12(14)16-13(17-18)20(8(22)5-15-25-2)9-3-6(11(23)24)19-7(21)4-10(19)26-9/h3,5,9-10H,4H2,1-2H3,(H,23,24)(H2,14,16,17)/t9?,10-/m0/s1. The number of nitrogens with two attached hydrogens (primary N) is 1. The number of β-lactam (4-membered cyclic amide) rings is 1. The lowest BCUT2D eigenvalue weighted by molar-refractivity contribution is -0.146. The van der Waals surface area contributed by atoms with Gasteiger partial charge in [-0.05, 0) is 6.08 Å². The van der Waals surface area contributed by atoms with E-state index in [1.807, 2.05) is 0 Å². The van der Waals surface area contributed by atoms with Crippen LogP contribution in [0.15, 0.2) is 16.9 Å². The molecule has 3 heterocycles. The summed E-state index contributed by atoms with van der Waals surface area (Å²) in [5, 5.41) is 15.8. The van der Waals surface area contributed by atoms with E-state index in [4.69, 9.17) is 5.73 Å². The molecular formula is C13H15N7O5S. The number of carboxylic acid groups (broad SMARTS) is 1. The molecule has 1 aromatic heterocycles. The smallest absolute Gasteiger partial charge is 0.352 e. The number of hydrogen-bond donors (Lipinski definition) is 2. The van der Waals surface area contributed by atoms with Gasteiger partial charge in [-0.25, -0.2) is 9.48 Å². The predicted molar refractivity (Wildman–Crippen MR) is 90.8 cm³/mol. The summed E-state index contributed by atoms with van der Waals surface area (Å²) >= 11 is 1.22. The summed E-state index contributed by atoms with van der Waals surface area (Å²) < 4.78 is 1.28. The summed E-state index contributed by atoms with van der Waals surface area (Å²) in [4.78, 5) is 46.7. The lowest BCUT2D eigenvalue weighted by Gasteiger charge is -2.45. The molecule has 2 atom stereocenters. The van der Waals surface area contributed by atoms with Crippen molar-refractivity contribution in [3.05, 3.63) is 11.8 Å². The van der Waals surface area contributed by atoms with Crippen LogP contribution in [-0.2, 0) is 26.3 Å². The van der Waals surface area contributed by atoms with E-state index in [9.17, 15) is 19.5 Å². The molecule has 0 aliphatic carbocycles. The van der Waals surface area contributed by atoms with Gasteiger partial charge >= 0.3 is 5.97 Å². The molecule has 12 nitrogen and oxygen atoms in total. The summed E-state index contributed by atoms with van der Waals surface area (Å²) in [5.74, 6) is -2.12. The fourth-order valence-electron chi connectivity index (χ4n) is 2.49. The SMILES string of the molecule is CON=CC(=O)N(c1nc(N)n(C)n1)C1C=C(C(=O)O)N2C(=O)C[C@@H]2S1. The van der Waals surface area contributed by atoms with E-state index in [1.54, 1.807) is 7.05 Å². The number of carbonyl (C=O) groups excluding carboxylic acids is 2. The first-order chi connectivity index (χ1) is 12.3. The molecule has 3 N–H and O–H groups in total. The van der Waals surface area contributed by atoms with Crippen LogP contribution >= 0.6 is 11.8 Å². The van der Waals surface area contributed by atoms with Gasteiger partial charge in [0.15, 0.2) is 0 Å². The minimum absolute atomic E-state index is 0.0184. The highest BCUT2D eigenvalue weighted by Crippen LogP contribution is 2.42. The molecule has 0 aromatic carbocycles. The van der Waals surface area contributed by atoms with Crippen molar-refractivity contribution in [2.24, 2.45) is 12.2 Å². The van der Waals surface area contributed by atoms with Crippen LogP contribution in [0.5, 0.6) is 0 Å². The van der Waals surface area contributed by atoms with Crippen LogP contribution in [0, 0.1) is 0 Å². The number of anilines is 2. The Balaban J connectivity index is 2.02. The average Bonchev–Trinajstić information content (AvgIpc) is 2.90. The maximum absolute atomic E-state index is 12.6. The maximum atomic E-state index is 12.6. The first kappa shape index (κ1) is 17.7. The van der Waals surface area contributed by atoms with Gasteiger partial charge in [0.05, 0.1) is 11.8 Å². The minimum Gasteiger partial charge on any atom is -0.477 e. The van der Waals surface area contributed by atoms with Crippen LogP contribution in [0.3, 0.4) is 0 Å². The Morgan fingerprint density at radius 3 is 2.85 bits per heavy atom. The highest BCUT2D eigenvalue weighted by molar-refractivity contribution is 8.00. The van der Waals surface area contributed by atoms with Gasteiger partial charge < -0.3 is 15.7 Å². The topological polar surface area (TPSA) is 156 Å². The molecule has 1 saturated heterocycles. The molecule has 1 aromatic rings. The molecule has 1 fully saturated rings. The Morgan fingerprint density at radius 1 is 1.58 bits per heavy atom. The monoisotopic (exact) mass is 381 g/mol. The van der Waals surface area contributed by atoms with Crippen LogP contribution in [0.4, 0.5) is 11.9 Å². The van der Waals surface area contributed by atoms with E-state index in [0.717, 1.165) is 11.1 Å². The zero-order valence-corrected chi connectivity index (χ0v) is 14.6. The van der Waals surface area contributed by atoms with E-state index < -0.39 is 17.3 Å². The Kier molecular flexibility index (Phi) is 4.54. The second kappa shape index (κ2) is 6.67. The number of rotatable bonds is 5. The number of hydrogen-bond acceptors (Lipinski definition) is 9. The summed E-state index contributed by atoms with van der Waals surface area (Å²) in [6.07, 6.45) is 2.39.